The zero-order valence-electron chi connectivity index (χ0n) is 11.0. The molecule has 1 aliphatic rings. The molecule has 0 radical (unpaired) electrons. The van der Waals surface area contributed by atoms with Crippen LogP contribution in [0.15, 0.2) is 42.7 Å². The third kappa shape index (κ3) is 3.15. The maximum Gasteiger partial charge on any atom is 0.0666 e. The first-order chi connectivity index (χ1) is 9.42. The Bertz CT molecular complexity index is 501. The third-order valence-corrected chi connectivity index (χ3v) is 3.67. The molecule has 2 N–H and O–H groups in total. The van der Waals surface area contributed by atoms with Gasteiger partial charge < -0.3 is 10.6 Å². The van der Waals surface area contributed by atoms with Gasteiger partial charge in [-0.3, -0.25) is 0 Å². The highest BCUT2D eigenvalue weighted by Gasteiger charge is 2.12. The molecule has 19 heavy (non-hydrogen) atoms. The van der Waals surface area contributed by atoms with E-state index in [0.717, 1.165) is 31.2 Å². The fourth-order valence-electron chi connectivity index (χ4n) is 2.53. The predicted molar refractivity (Wildman–Crippen MR) is 77.6 cm³/mol. The van der Waals surface area contributed by atoms with Gasteiger partial charge in [0.25, 0.3) is 0 Å². The number of aromatic nitrogens is 2. The van der Waals surface area contributed by atoms with Crippen LogP contribution in [0.25, 0.3) is 5.69 Å². The van der Waals surface area contributed by atoms with Gasteiger partial charge in [-0.1, -0.05) is 6.07 Å². The molecule has 0 saturated carbocycles. The molecule has 4 nitrogen and oxygen atoms in total. The number of nitrogens with zero attached hydrogens (tertiary/aromatic N) is 2. The normalized spacial score (nSPS) is 16.4. The number of benzene rings is 1. The van der Waals surface area contributed by atoms with Gasteiger partial charge in [-0.05, 0) is 56.1 Å². The zero-order valence-corrected chi connectivity index (χ0v) is 11.0. The van der Waals surface area contributed by atoms with Crippen LogP contribution in [0.4, 0.5) is 5.69 Å². The van der Waals surface area contributed by atoms with Crippen molar-refractivity contribution < 1.29 is 0 Å². The first-order valence-electron chi connectivity index (χ1n) is 6.96. The summed E-state index contributed by atoms with van der Waals surface area (Å²) < 4.78 is 1.88. The number of rotatable bonds is 4. The highest BCUT2D eigenvalue weighted by Crippen LogP contribution is 2.16. The monoisotopic (exact) mass is 256 g/mol. The van der Waals surface area contributed by atoms with E-state index in [1.807, 2.05) is 16.9 Å². The summed E-state index contributed by atoms with van der Waals surface area (Å²) in [4.78, 5) is 0. The first kappa shape index (κ1) is 12.2. The molecular weight excluding hydrogens is 236 g/mol. The molecule has 4 heteroatoms. The van der Waals surface area contributed by atoms with Crippen LogP contribution in [-0.2, 0) is 0 Å². The van der Waals surface area contributed by atoms with Crippen molar-refractivity contribution in [3.63, 3.8) is 0 Å². The Labute approximate surface area is 113 Å². The van der Waals surface area contributed by atoms with Gasteiger partial charge in [0.1, 0.15) is 0 Å². The lowest BCUT2D eigenvalue weighted by molar-refractivity contribution is 0.390. The van der Waals surface area contributed by atoms with Gasteiger partial charge in [-0.15, -0.1) is 0 Å². The standard InChI is InChI=1S/C15H20N4/c1-3-14(17-12-13-5-8-16-9-6-13)11-15(4-1)19-10-2-7-18-19/h1-4,7,10-11,13,16-17H,5-6,8-9,12H2. The highest BCUT2D eigenvalue weighted by atomic mass is 15.3. The second-order valence-corrected chi connectivity index (χ2v) is 5.08. The summed E-state index contributed by atoms with van der Waals surface area (Å²) in [5, 5.41) is 11.2. The summed E-state index contributed by atoms with van der Waals surface area (Å²) in [6, 6.07) is 10.3. The van der Waals surface area contributed by atoms with Gasteiger partial charge in [-0.2, -0.15) is 5.10 Å². The van der Waals surface area contributed by atoms with Crippen LogP contribution in [0.3, 0.4) is 0 Å². The Hall–Kier alpha value is -1.81. The molecule has 1 fully saturated rings. The number of anilines is 1. The van der Waals surface area contributed by atoms with Gasteiger partial charge in [0, 0.05) is 24.6 Å². The van der Waals surface area contributed by atoms with Crippen molar-refractivity contribution in [1.29, 1.82) is 0 Å². The van der Waals surface area contributed by atoms with Crippen LogP contribution in [0.5, 0.6) is 0 Å². The van der Waals surface area contributed by atoms with Gasteiger partial charge in [0.2, 0.25) is 0 Å². The van der Waals surface area contributed by atoms with Crippen LogP contribution in [-0.4, -0.2) is 29.4 Å². The van der Waals surface area contributed by atoms with Crippen molar-refractivity contribution in [3.05, 3.63) is 42.7 Å². The largest absolute Gasteiger partial charge is 0.385 e. The van der Waals surface area contributed by atoms with E-state index in [4.69, 9.17) is 0 Å². The van der Waals surface area contributed by atoms with Crippen LogP contribution in [0.1, 0.15) is 12.8 Å². The molecule has 100 valence electrons. The van der Waals surface area contributed by atoms with E-state index >= 15 is 0 Å². The van der Waals surface area contributed by atoms with Gasteiger partial charge >= 0.3 is 0 Å². The van der Waals surface area contributed by atoms with Crippen LogP contribution in [0, 0.1) is 5.92 Å². The minimum absolute atomic E-state index is 0.787. The molecular formula is C15H20N4. The predicted octanol–water partition coefficient (Wildman–Crippen LogP) is 2.28. The second kappa shape index (κ2) is 5.89. The minimum atomic E-state index is 0.787. The number of nitrogens with one attached hydrogen (secondary N) is 2. The topological polar surface area (TPSA) is 41.9 Å². The second-order valence-electron chi connectivity index (χ2n) is 5.08. The van der Waals surface area contributed by atoms with Crippen molar-refractivity contribution in [3.8, 4) is 5.69 Å². The highest BCUT2D eigenvalue weighted by molar-refractivity contribution is 5.50. The summed E-state index contributed by atoms with van der Waals surface area (Å²) in [5.41, 5.74) is 2.27. The number of piperidine rings is 1. The van der Waals surface area contributed by atoms with E-state index in [0.29, 0.717) is 0 Å². The van der Waals surface area contributed by atoms with E-state index in [1.165, 1.54) is 18.5 Å². The van der Waals surface area contributed by atoms with Crippen molar-refractivity contribution in [2.24, 2.45) is 5.92 Å². The van der Waals surface area contributed by atoms with Crippen molar-refractivity contribution >= 4 is 5.69 Å². The molecule has 3 rings (SSSR count). The molecule has 0 spiro atoms. The quantitative estimate of drug-likeness (QED) is 0.882. The Morgan fingerprint density at radius 2 is 2.16 bits per heavy atom. The smallest absolute Gasteiger partial charge is 0.0666 e. The van der Waals surface area contributed by atoms with Gasteiger partial charge in [-0.25, -0.2) is 4.68 Å². The number of hydrogen-bond donors (Lipinski definition) is 2. The molecule has 1 aromatic carbocycles. The van der Waals surface area contributed by atoms with E-state index in [1.54, 1.807) is 6.20 Å². The fourth-order valence-corrected chi connectivity index (χ4v) is 2.53. The van der Waals surface area contributed by atoms with E-state index in [2.05, 4.69) is 40.0 Å². The lowest BCUT2D eigenvalue weighted by atomic mass is 9.98. The molecule has 0 unspecified atom stereocenters. The lowest BCUT2D eigenvalue weighted by Gasteiger charge is -2.23. The Kier molecular flexibility index (Phi) is 3.79. The third-order valence-electron chi connectivity index (χ3n) is 3.67. The average Bonchev–Trinajstić information content (AvgIpc) is 3.01. The molecule has 0 amide bonds. The molecule has 1 aromatic heterocycles. The fraction of sp³-hybridized carbons (Fsp3) is 0.400. The summed E-state index contributed by atoms with van der Waals surface area (Å²) in [6.07, 6.45) is 6.30. The van der Waals surface area contributed by atoms with E-state index < -0.39 is 0 Å². The zero-order chi connectivity index (χ0) is 12.9. The Balaban J connectivity index is 1.63. The Morgan fingerprint density at radius 1 is 1.26 bits per heavy atom. The maximum absolute atomic E-state index is 4.26. The lowest BCUT2D eigenvalue weighted by Crippen LogP contribution is -2.31. The van der Waals surface area contributed by atoms with E-state index in [-0.39, 0.29) is 0 Å². The molecule has 2 aromatic rings. The average molecular weight is 256 g/mol. The molecule has 1 saturated heterocycles. The minimum Gasteiger partial charge on any atom is -0.385 e. The Morgan fingerprint density at radius 3 is 2.95 bits per heavy atom. The molecule has 2 heterocycles. The summed E-state index contributed by atoms with van der Waals surface area (Å²) in [5.74, 6) is 0.787. The first-order valence-corrected chi connectivity index (χ1v) is 6.96. The van der Waals surface area contributed by atoms with Gasteiger partial charge in [0.15, 0.2) is 0 Å². The van der Waals surface area contributed by atoms with Crippen LogP contribution >= 0.6 is 0 Å². The molecule has 0 atom stereocenters. The molecule has 0 bridgehead atoms. The van der Waals surface area contributed by atoms with Crippen molar-refractivity contribution in [2.45, 2.75) is 12.8 Å². The summed E-state index contributed by atoms with van der Waals surface area (Å²) in [6.45, 7) is 3.36. The summed E-state index contributed by atoms with van der Waals surface area (Å²) >= 11 is 0. The van der Waals surface area contributed by atoms with Crippen LogP contribution < -0.4 is 10.6 Å². The van der Waals surface area contributed by atoms with Gasteiger partial charge in [0.05, 0.1) is 5.69 Å². The van der Waals surface area contributed by atoms with Crippen molar-refractivity contribution in [2.75, 3.05) is 25.0 Å². The summed E-state index contributed by atoms with van der Waals surface area (Å²) in [7, 11) is 0. The SMILES string of the molecule is c1cc(NCC2CCNCC2)cc(-n2cccn2)c1. The maximum atomic E-state index is 4.26. The molecule has 0 aliphatic carbocycles. The van der Waals surface area contributed by atoms with Crippen molar-refractivity contribution in [1.82, 2.24) is 15.1 Å². The number of hydrogen-bond acceptors (Lipinski definition) is 3. The van der Waals surface area contributed by atoms with E-state index in [9.17, 15) is 0 Å². The molecule has 1 aliphatic heterocycles. The van der Waals surface area contributed by atoms with Crippen LogP contribution in [0.2, 0.25) is 0 Å².